The van der Waals surface area contributed by atoms with Crippen LogP contribution < -0.4 is 5.32 Å². The Morgan fingerprint density at radius 1 is 1.14 bits per heavy atom. The second-order valence-corrected chi connectivity index (χ2v) is 6.00. The molecule has 0 saturated carbocycles. The van der Waals surface area contributed by atoms with Gasteiger partial charge in [-0.3, -0.25) is 9.59 Å². The molecule has 0 aliphatic carbocycles. The van der Waals surface area contributed by atoms with Gasteiger partial charge in [-0.25, -0.2) is 0 Å². The van der Waals surface area contributed by atoms with Crippen molar-refractivity contribution in [2.75, 3.05) is 6.54 Å². The normalized spacial score (nSPS) is 10.4. The second-order valence-electron chi connectivity index (χ2n) is 4.77. The van der Waals surface area contributed by atoms with E-state index in [-0.39, 0.29) is 12.3 Å². The number of hydrogen-bond donors (Lipinski definition) is 2. The number of hydrogen-bond acceptors (Lipinski definition) is 2. The second kappa shape index (κ2) is 9.79. The topological polar surface area (TPSA) is 66.4 Å². The molecule has 0 fully saturated rings. The van der Waals surface area contributed by atoms with Gasteiger partial charge in [-0.1, -0.05) is 36.9 Å². The highest BCUT2D eigenvalue weighted by Gasteiger charge is 2.11. The Labute approximate surface area is 138 Å². The summed E-state index contributed by atoms with van der Waals surface area (Å²) in [4.78, 5) is 22.3. The van der Waals surface area contributed by atoms with Gasteiger partial charge >= 0.3 is 5.97 Å². The molecule has 4 nitrogen and oxygen atoms in total. The van der Waals surface area contributed by atoms with Gasteiger partial charge in [0.2, 0.25) is 0 Å². The molecule has 0 unspecified atom stereocenters. The molecule has 1 rings (SSSR count). The summed E-state index contributed by atoms with van der Waals surface area (Å²) >= 11 is 9.34. The first-order chi connectivity index (χ1) is 10.0. The third-order valence-corrected chi connectivity index (χ3v) is 4.35. The maximum absolute atomic E-state index is 11.9. The fourth-order valence-corrected chi connectivity index (χ4v) is 2.49. The molecular weight excluding hydrogens is 358 g/mol. The highest BCUT2D eigenvalue weighted by molar-refractivity contribution is 9.10. The lowest BCUT2D eigenvalue weighted by atomic mass is 10.1. The van der Waals surface area contributed by atoms with Crippen LogP contribution in [0.1, 0.15) is 48.9 Å². The highest BCUT2D eigenvalue weighted by Crippen LogP contribution is 2.25. The van der Waals surface area contributed by atoms with Crippen molar-refractivity contribution in [2.24, 2.45) is 0 Å². The summed E-state index contributed by atoms with van der Waals surface area (Å²) in [5.41, 5.74) is 0.465. The number of rotatable bonds is 9. The lowest BCUT2D eigenvalue weighted by Gasteiger charge is -2.07. The molecule has 116 valence electrons. The SMILES string of the molecule is O=C(O)CCCCCCCNC(=O)c1cccc(Br)c1Cl. The zero-order valence-electron chi connectivity index (χ0n) is 11.7. The molecule has 0 spiro atoms. The molecule has 2 N–H and O–H groups in total. The zero-order valence-corrected chi connectivity index (χ0v) is 14.0. The predicted molar refractivity (Wildman–Crippen MR) is 86.8 cm³/mol. The number of carboxylic acid groups (broad SMARTS) is 1. The van der Waals surface area contributed by atoms with Crippen LogP contribution >= 0.6 is 27.5 Å². The molecule has 0 radical (unpaired) electrons. The molecule has 1 amide bonds. The van der Waals surface area contributed by atoms with Crippen LogP contribution in [0.3, 0.4) is 0 Å². The summed E-state index contributed by atoms with van der Waals surface area (Å²) in [5.74, 6) is -0.916. The quantitative estimate of drug-likeness (QED) is 0.633. The van der Waals surface area contributed by atoms with Gasteiger partial charge in [0.1, 0.15) is 0 Å². The maximum Gasteiger partial charge on any atom is 0.303 e. The van der Waals surface area contributed by atoms with Crippen molar-refractivity contribution in [1.29, 1.82) is 0 Å². The number of carboxylic acids is 1. The van der Waals surface area contributed by atoms with Crippen molar-refractivity contribution < 1.29 is 14.7 Å². The molecule has 0 aliphatic rings. The van der Waals surface area contributed by atoms with E-state index in [0.29, 0.717) is 21.6 Å². The van der Waals surface area contributed by atoms with E-state index in [1.54, 1.807) is 18.2 Å². The average molecular weight is 377 g/mol. The van der Waals surface area contributed by atoms with Gasteiger partial charge in [0.15, 0.2) is 0 Å². The zero-order chi connectivity index (χ0) is 15.7. The van der Waals surface area contributed by atoms with E-state index < -0.39 is 5.97 Å². The highest BCUT2D eigenvalue weighted by atomic mass is 79.9. The number of nitrogens with one attached hydrogen (secondary N) is 1. The minimum atomic E-state index is -0.742. The molecule has 6 heteroatoms. The number of unbranched alkanes of at least 4 members (excludes halogenated alkanes) is 4. The van der Waals surface area contributed by atoms with Gasteiger partial charge in [0, 0.05) is 17.4 Å². The fraction of sp³-hybridized carbons (Fsp3) is 0.467. The van der Waals surface area contributed by atoms with Crippen LogP contribution in [0.5, 0.6) is 0 Å². The van der Waals surface area contributed by atoms with Crippen LogP contribution in [0.4, 0.5) is 0 Å². The van der Waals surface area contributed by atoms with Crippen LogP contribution in [0.25, 0.3) is 0 Å². The maximum atomic E-state index is 11.9. The Balaban J connectivity index is 2.17. The molecule has 21 heavy (non-hydrogen) atoms. The van der Waals surface area contributed by atoms with Crippen LogP contribution in [0, 0.1) is 0 Å². The minimum absolute atomic E-state index is 0.174. The van der Waals surface area contributed by atoms with Gasteiger partial charge in [-0.15, -0.1) is 0 Å². The minimum Gasteiger partial charge on any atom is -0.481 e. The number of benzene rings is 1. The Bertz CT molecular complexity index is 494. The van der Waals surface area contributed by atoms with E-state index in [9.17, 15) is 9.59 Å². The Morgan fingerprint density at radius 3 is 2.52 bits per heavy atom. The Kier molecular flexibility index (Phi) is 8.38. The summed E-state index contributed by atoms with van der Waals surface area (Å²) in [6.45, 7) is 0.598. The van der Waals surface area contributed by atoms with Crippen molar-refractivity contribution in [1.82, 2.24) is 5.32 Å². The third-order valence-electron chi connectivity index (χ3n) is 3.05. The van der Waals surface area contributed by atoms with E-state index in [2.05, 4.69) is 21.2 Å². The first-order valence-electron chi connectivity index (χ1n) is 6.96. The van der Waals surface area contributed by atoms with Crippen molar-refractivity contribution >= 4 is 39.4 Å². The first kappa shape index (κ1) is 18.0. The van der Waals surface area contributed by atoms with E-state index in [0.717, 1.165) is 32.1 Å². The van der Waals surface area contributed by atoms with Crippen LogP contribution in [-0.2, 0) is 4.79 Å². The number of carbonyl (C=O) groups excluding carboxylic acids is 1. The van der Waals surface area contributed by atoms with Gasteiger partial charge in [0.25, 0.3) is 5.91 Å². The molecule has 0 bridgehead atoms. The standard InChI is InChI=1S/C15H19BrClNO3/c16-12-8-6-7-11(14(12)17)15(21)18-10-5-3-1-2-4-9-13(19)20/h6-8H,1-5,9-10H2,(H,18,21)(H,19,20). The van der Waals surface area contributed by atoms with Crippen molar-refractivity contribution in [3.63, 3.8) is 0 Å². The van der Waals surface area contributed by atoms with Gasteiger partial charge in [-0.05, 0) is 40.9 Å². The summed E-state index contributed by atoms with van der Waals surface area (Å²) in [6.07, 6.45) is 4.71. The summed E-state index contributed by atoms with van der Waals surface area (Å²) < 4.78 is 0.704. The molecule has 0 aliphatic heterocycles. The predicted octanol–water partition coefficient (Wildman–Crippen LogP) is 4.26. The van der Waals surface area contributed by atoms with Crippen LogP contribution in [0.2, 0.25) is 5.02 Å². The largest absolute Gasteiger partial charge is 0.481 e. The lowest BCUT2D eigenvalue weighted by molar-refractivity contribution is -0.137. The third kappa shape index (κ3) is 6.96. The summed E-state index contributed by atoms with van der Waals surface area (Å²) in [5, 5.41) is 11.8. The molecule has 0 atom stereocenters. The number of aliphatic carboxylic acids is 1. The Morgan fingerprint density at radius 2 is 1.81 bits per heavy atom. The summed E-state index contributed by atoms with van der Waals surface area (Å²) in [7, 11) is 0. The van der Waals surface area contributed by atoms with E-state index >= 15 is 0 Å². The van der Waals surface area contributed by atoms with Crippen molar-refractivity contribution in [3.05, 3.63) is 33.3 Å². The lowest BCUT2D eigenvalue weighted by Crippen LogP contribution is -2.24. The Hall–Kier alpha value is -1.07. The first-order valence-corrected chi connectivity index (χ1v) is 8.13. The molecule has 0 heterocycles. The van der Waals surface area contributed by atoms with Crippen LogP contribution in [0.15, 0.2) is 22.7 Å². The number of carbonyl (C=O) groups is 2. The molecule has 0 saturated heterocycles. The van der Waals surface area contributed by atoms with Gasteiger partial charge < -0.3 is 10.4 Å². The van der Waals surface area contributed by atoms with Gasteiger partial charge in [-0.2, -0.15) is 0 Å². The van der Waals surface area contributed by atoms with Crippen LogP contribution in [-0.4, -0.2) is 23.5 Å². The number of halogens is 2. The monoisotopic (exact) mass is 375 g/mol. The van der Waals surface area contributed by atoms with E-state index in [4.69, 9.17) is 16.7 Å². The molecule has 0 aromatic heterocycles. The van der Waals surface area contributed by atoms with Crippen molar-refractivity contribution in [3.8, 4) is 0 Å². The van der Waals surface area contributed by atoms with Crippen molar-refractivity contribution in [2.45, 2.75) is 38.5 Å². The van der Waals surface area contributed by atoms with E-state index in [1.807, 2.05) is 0 Å². The molecule has 1 aromatic carbocycles. The molecule has 1 aromatic rings. The van der Waals surface area contributed by atoms with Gasteiger partial charge in [0.05, 0.1) is 10.6 Å². The van der Waals surface area contributed by atoms with E-state index in [1.165, 1.54) is 0 Å². The molecular formula is C15H19BrClNO3. The average Bonchev–Trinajstić information content (AvgIpc) is 2.44. The number of amides is 1. The summed E-state index contributed by atoms with van der Waals surface area (Å²) in [6, 6.07) is 5.25. The smallest absolute Gasteiger partial charge is 0.303 e. The fourth-order valence-electron chi connectivity index (χ4n) is 1.91.